The second-order valence-electron chi connectivity index (χ2n) is 8.51. The zero-order chi connectivity index (χ0) is 17.3. The molecule has 0 amide bonds. The lowest BCUT2D eigenvalue weighted by Crippen LogP contribution is -2.44. The standard InChI is InChI=1S/C20H28O4/c1-11-16(22)15-14(17(23)19(2,10-21)18(15)24-3)13(20(11)8-9-20)7-6-12-4-5-12/h12,15-16,18,21-22H,1,4-10H2,2-3H3. The summed E-state index contributed by atoms with van der Waals surface area (Å²) in [5.41, 5.74) is 1.70. The van der Waals surface area contributed by atoms with Gasteiger partial charge < -0.3 is 14.9 Å². The highest BCUT2D eigenvalue weighted by atomic mass is 16.5. The van der Waals surface area contributed by atoms with Crippen molar-refractivity contribution in [3.05, 3.63) is 23.3 Å². The number of aliphatic hydroxyl groups is 2. The summed E-state index contributed by atoms with van der Waals surface area (Å²) >= 11 is 0. The molecule has 4 aliphatic carbocycles. The number of ether oxygens (including phenoxy) is 1. The number of allylic oxidation sites excluding steroid dienone is 1. The van der Waals surface area contributed by atoms with Gasteiger partial charge in [-0.1, -0.05) is 25.0 Å². The maximum Gasteiger partial charge on any atom is 0.170 e. The fraction of sp³-hybridized carbons (Fsp3) is 0.750. The second-order valence-corrected chi connectivity index (χ2v) is 8.51. The van der Waals surface area contributed by atoms with Crippen molar-refractivity contribution in [1.29, 1.82) is 0 Å². The molecule has 0 aliphatic heterocycles. The maximum atomic E-state index is 13.3. The summed E-state index contributed by atoms with van der Waals surface area (Å²) in [6.07, 6.45) is 5.36. The van der Waals surface area contributed by atoms with Crippen LogP contribution in [0.1, 0.15) is 45.4 Å². The predicted octanol–water partition coefficient (Wildman–Crippen LogP) is 2.40. The van der Waals surface area contributed by atoms with Crippen LogP contribution in [0.15, 0.2) is 23.3 Å². The lowest BCUT2D eigenvalue weighted by molar-refractivity contribution is -0.131. The van der Waals surface area contributed by atoms with Gasteiger partial charge in [0.15, 0.2) is 5.78 Å². The van der Waals surface area contributed by atoms with E-state index in [2.05, 4.69) is 6.58 Å². The van der Waals surface area contributed by atoms with Gasteiger partial charge >= 0.3 is 0 Å². The van der Waals surface area contributed by atoms with Crippen LogP contribution in [0.3, 0.4) is 0 Å². The Kier molecular flexibility index (Phi) is 3.62. The minimum atomic E-state index is -0.971. The van der Waals surface area contributed by atoms with Crippen LogP contribution >= 0.6 is 0 Å². The Morgan fingerprint density at radius 1 is 1.33 bits per heavy atom. The molecule has 4 aliphatic rings. The lowest BCUT2D eigenvalue weighted by Gasteiger charge is -2.39. The largest absolute Gasteiger partial charge is 0.395 e. The molecular weight excluding hydrogens is 304 g/mol. The van der Waals surface area contributed by atoms with Crippen LogP contribution in [-0.4, -0.2) is 41.9 Å². The number of ketones is 1. The van der Waals surface area contributed by atoms with Crippen molar-refractivity contribution in [3.8, 4) is 0 Å². The molecule has 4 rings (SSSR count). The van der Waals surface area contributed by atoms with E-state index >= 15 is 0 Å². The summed E-state index contributed by atoms with van der Waals surface area (Å²) in [4.78, 5) is 13.3. The third kappa shape index (κ3) is 2.00. The molecule has 0 bridgehead atoms. The Labute approximate surface area is 143 Å². The molecule has 2 N–H and O–H groups in total. The van der Waals surface area contributed by atoms with Crippen LogP contribution in [0, 0.1) is 22.7 Å². The first-order chi connectivity index (χ1) is 11.4. The predicted molar refractivity (Wildman–Crippen MR) is 90.3 cm³/mol. The van der Waals surface area contributed by atoms with E-state index in [1.807, 2.05) is 0 Å². The minimum Gasteiger partial charge on any atom is -0.395 e. The van der Waals surface area contributed by atoms with Gasteiger partial charge in [0.1, 0.15) is 0 Å². The van der Waals surface area contributed by atoms with Crippen molar-refractivity contribution < 1.29 is 19.7 Å². The SMILES string of the molecule is C=C1C(O)C2C(=C(CCC3CC3)C13CC3)C(=O)C(C)(CO)C2OC. The summed E-state index contributed by atoms with van der Waals surface area (Å²) in [6, 6.07) is 0. The van der Waals surface area contributed by atoms with E-state index in [1.54, 1.807) is 14.0 Å². The number of hydrogen-bond donors (Lipinski definition) is 2. The molecule has 3 fully saturated rings. The zero-order valence-corrected chi connectivity index (χ0v) is 14.7. The molecule has 0 aromatic carbocycles. The Balaban J connectivity index is 1.84. The van der Waals surface area contributed by atoms with Crippen LogP contribution < -0.4 is 0 Å². The highest BCUT2D eigenvalue weighted by Gasteiger charge is 2.65. The van der Waals surface area contributed by atoms with Crippen molar-refractivity contribution >= 4 is 5.78 Å². The maximum absolute atomic E-state index is 13.3. The van der Waals surface area contributed by atoms with Crippen LogP contribution in [0.4, 0.5) is 0 Å². The van der Waals surface area contributed by atoms with Crippen molar-refractivity contribution in [2.45, 2.75) is 57.7 Å². The molecule has 3 saturated carbocycles. The summed E-state index contributed by atoms with van der Waals surface area (Å²) in [5, 5.41) is 20.9. The fourth-order valence-electron chi connectivity index (χ4n) is 5.19. The summed E-state index contributed by atoms with van der Waals surface area (Å²) in [5.74, 6) is 0.393. The molecule has 4 unspecified atom stereocenters. The molecule has 24 heavy (non-hydrogen) atoms. The molecule has 0 aromatic rings. The molecule has 0 aromatic heterocycles. The normalized spacial score (nSPS) is 40.4. The molecule has 1 spiro atoms. The molecule has 132 valence electrons. The van der Waals surface area contributed by atoms with Gasteiger partial charge in [-0.15, -0.1) is 0 Å². The summed E-state index contributed by atoms with van der Waals surface area (Å²) in [7, 11) is 1.57. The van der Waals surface area contributed by atoms with Gasteiger partial charge in [-0.3, -0.25) is 4.79 Å². The van der Waals surface area contributed by atoms with E-state index in [-0.39, 0.29) is 23.7 Å². The first kappa shape index (κ1) is 16.5. The van der Waals surface area contributed by atoms with Crippen LogP contribution in [0.25, 0.3) is 0 Å². The number of carbonyl (C=O) groups is 1. The Morgan fingerprint density at radius 3 is 2.50 bits per heavy atom. The average molecular weight is 332 g/mol. The first-order valence-electron chi connectivity index (χ1n) is 9.20. The van der Waals surface area contributed by atoms with E-state index in [1.165, 1.54) is 18.4 Å². The molecule has 4 nitrogen and oxygen atoms in total. The number of Topliss-reactive ketones (excluding diaryl/α,β-unsaturated/α-hetero) is 1. The number of aliphatic hydroxyl groups excluding tert-OH is 2. The lowest BCUT2D eigenvalue weighted by atomic mass is 9.69. The van der Waals surface area contributed by atoms with Crippen LogP contribution in [0.2, 0.25) is 0 Å². The topological polar surface area (TPSA) is 66.8 Å². The third-order valence-corrected chi connectivity index (χ3v) is 7.10. The van der Waals surface area contributed by atoms with Crippen LogP contribution in [0.5, 0.6) is 0 Å². The number of hydrogen-bond acceptors (Lipinski definition) is 4. The van der Waals surface area contributed by atoms with Crippen molar-refractivity contribution in [3.63, 3.8) is 0 Å². The van der Waals surface area contributed by atoms with Gasteiger partial charge in [0.2, 0.25) is 0 Å². The van der Waals surface area contributed by atoms with Crippen molar-refractivity contribution in [2.24, 2.45) is 22.7 Å². The second kappa shape index (κ2) is 5.26. The monoisotopic (exact) mass is 332 g/mol. The summed E-state index contributed by atoms with van der Waals surface area (Å²) in [6.45, 7) is 5.73. The van der Waals surface area contributed by atoms with Crippen molar-refractivity contribution in [2.75, 3.05) is 13.7 Å². The zero-order valence-electron chi connectivity index (χ0n) is 14.7. The van der Waals surface area contributed by atoms with E-state index in [0.29, 0.717) is 0 Å². The van der Waals surface area contributed by atoms with Gasteiger partial charge in [-0.25, -0.2) is 0 Å². The number of rotatable bonds is 5. The molecule has 0 saturated heterocycles. The summed E-state index contributed by atoms with van der Waals surface area (Å²) < 4.78 is 5.64. The third-order valence-electron chi connectivity index (χ3n) is 7.10. The molecule has 4 heteroatoms. The van der Waals surface area contributed by atoms with E-state index in [0.717, 1.165) is 42.7 Å². The van der Waals surface area contributed by atoms with Gasteiger partial charge in [0, 0.05) is 24.0 Å². The van der Waals surface area contributed by atoms with E-state index in [9.17, 15) is 15.0 Å². The molecule has 0 radical (unpaired) electrons. The van der Waals surface area contributed by atoms with Crippen LogP contribution in [-0.2, 0) is 9.53 Å². The smallest absolute Gasteiger partial charge is 0.170 e. The van der Waals surface area contributed by atoms with E-state index in [4.69, 9.17) is 4.74 Å². The molecule has 0 heterocycles. The highest BCUT2D eigenvalue weighted by Crippen LogP contribution is 2.66. The Morgan fingerprint density at radius 2 is 2.00 bits per heavy atom. The number of carbonyl (C=O) groups excluding carboxylic acids is 1. The fourth-order valence-corrected chi connectivity index (χ4v) is 5.19. The highest BCUT2D eigenvalue weighted by molar-refractivity contribution is 6.05. The first-order valence-corrected chi connectivity index (χ1v) is 9.20. The molecular formula is C20H28O4. The average Bonchev–Trinajstić information content (AvgIpc) is 3.48. The number of fused-ring (bicyclic) bond motifs is 1. The Hall–Kier alpha value is -0.970. The molecule has 4 atom stereocenters. The van der Waals surface area contributed by atoms with Gasteiger partial charge in [0.05, 0.1) is 24.2 Å². The van der Waals surface area contributed by atoms with E-state index < -0.39 is 17.6 Å². The number of methoxy groups -OCH3 is 1. The van der Waals surface area contributed by atoms with Gasteiger partial charge in [0.25, 0.3) is 0 Å². The Bertz CT molecular complexity index is 626. The quantitative estimate of drug-likeness (QED) is 0.759. The minimum absolute atomic E-state index is 0.0227. The van der Waals surface area contributed by atoms with Gasteiger partial charge in [-0.2, -0.15) is 0 Å². The van der Waals surface area contributed by atoms with Gasteiger partial charge in [-0.05, 0) is 44.1 Å². The van der Waals surface area contributed by atoms with Crippen molar-refractivity contribution in [1.82, 2.24) is 0 Å².